The van der Waals surface area contributed by atoms with Gasteiger partial charge in [0.1, 0.15) is 0 Å². The fourth-order valence-corrected chi connectivity index (χ4v) is 2.11. The van der Waals surface area contributed by atoms with Gasteiger partial charge in [-0.3, -0.25) is 4.98 Å². The van der Waals surface area contributed by atoms with Crippen molar-refractivity contribution < 1.29 is 0 Å². The van der Waals surface area contributed by atoms with Crippen molar-refractivity contribution in [3.63, 3.8) is 0 Å². The molecule has 1 aromatic heterocycles. The fraction of sp³-hybridized carbons (Fsp3) is 0.545. The van der Waals surface area contributed by atoms with Crippen molar-refractivity contribution in [1.29, 1.82) is 0 Å². The highest BCUT2D eigenvalue weighted by atomic mass is 15.0. The summed E-state index contributed by atoms with van der Waals surface area (Å²) in [5, 5.41) is 3.65. The Balaban J connectivity index is 1.84. The normalized spacial score (nSPS) is 26.0. The van der Waals surface area contributed by atoms with Crippen molar-refractivity contribution in [3.05, 3.63) is 29.6 Å². The molecule has 1 heterocycles. The summed E-state index contributed by atoms with van der Waals surface area (Å²) in [4.78, 5) is 4.46. The second-order valence-corrected chi connectivity index (χ2v) is 4.08. The van der Waals surface area contributed by atoms with Gasteiger partial charge in [0.15, 0.2) is 0 Å². The van der Waals surface area contributed by atoms with Gasteiger partial charge in [-0.25, -0.2) is 0 Å². The zero-order chi connectivity index (χ0) is 8.67. The van der Waals surface area contributed by atoms with Crippen LogP contribution in [0.15, 0.2) is 18.3 Å². The molecule has 3 rings (SSSR count). The number of nitrogens with zero attached hydrogens (tertiary/aromatic N) is 1. The minimum atomic E-state index is 0.545. The van der Waals surface area contributed by atoms with E-state index in [1.54, 1.807) is 0 Å². The van der Waals surface area contributed by atoms with E-state index >= 15 is 0 Å². The Kier molecular flexibility index (Phi) is 1.62. The van der Waals surface area contributed by atoms with Crippen LogP contribution in [0.2, 0.25) is 0 Å². The Morgan fingerprint density at radius 2 is 2.23 bits per heavy atom. The summed E-state index contributed by atoms with van der Waals surface area (Å²) in [6.45, 7) is 0. The van der Waals surface area contributed by atoms with Gasteiger partial charge in [-0.15, -0.1) is 0 Å². The molecule has 0 radical (unpaired) electrons. The molecule has 1 atom stereocenters. The van der Waals surface area contributed by atoms with E-state index in [1.807, 2.05) is 12.3 Å². The molecule has 1 N–H and O–H groups in total. The Hall–Kier alpha value is -0.890. The van der Waals surface area contributed by atoms with E-state index in [1.165, 1.54) is 36.9 Å². The van der Waals surface area contributed by atoms with Crippen molar-refractivity contribution >= 4 is 0 Å². The average Bonchev–Trinajstić information content (AvgIpc) is 2.88. The van der Waals surface area contributed by atoms with Crippen LogP contribution in [0.4, 0.5) is 0 Å². The van der Waals surface area contributed by atoms with Gasteiger partial charge in [-0.2, -0.15) is 0 Å². The molecule has 1 fully saturated rings. The second-order valence-electron chi connectivity index (χ2n) is 4.08. The zero-order valence-electron chi connectivity index (χ0n) is 7.66. The van der Waals surface area contributed by atoms with Gasteiger partial charge in [-0.05, 0) is 37.3 Å². The van der Waals surface area contributed by atoms with E-state index in [0.717, 1.165) is 6.04 Å². The maximum atomic E-state index is 4.46. The van der Waals surface area contributed by atoms with Crippen molar-refractivity contribution in [2.24, 2.45) is 0 Å². The number of nitrogens with one attached hydrogen (secondary N) is 1. The first kappa shape index (κ1) is 7.51. The molecule has 13 heavy (non-hydrogen) atoms. The molecular weight excluding hydrogens is 160 g/mol. The van der Waals surface area contributed by atoms with Gasteiger partial charge in [-0.1, -0.05) is 6.07 Å². The molecule has 0 aromatic carbocycles. The van der Waals surface area contributed by atoms with Crippen LogP contribution in [0.3, 0.4) is 0 Å². The molecule has 0 bridgehead atoms. The molecule has 0 spiro atoms. The lowest BCUT2D eigenvalue weighted by Crippen LogP contribution is -2.21. The first-order chi connectivity index (χ1) is 6.43. The monoisotopic (exact) mass is 174 g/mol. The third-order valence-electron chi connectivity index (χ3n) is 2.97. The van der Waals surface area contributed by atoms with Crippen LogP contribution >= 0.6 is 0 Å². The molecule has 68 valence electrons. The topological polar surface area (TPSA) is 24.9 Å². The average molecular weight is 174 g/mol. The van der Waals surface area contributed by atoms with Gasteiger partial charge in [0, 0.05) is 12.2 Å². The third-order valence-corrected chi connectivity index (χ3v) is 2.97. The molecular formula is C11H14N2. The molecule has 2 aliphatic rings. The zero-order valence-corrected chi connectivity index (χ0v) is 7.66. The quantitative estimate of drug-likeness (QED) is 0.739. The number of pyridine rings is 1. The standard InChI is InChI=1S/C11H14N2/c1-2-8-3-6-10(11(8)12-7-1)13-9-4-5-9/h1-2,7,9-10,13H,3-6H2. The van der Waals surface area contributed by atoms with Crippen LogP contribution in [0, 0.1) is 0 Å². The van der Waals surface area contributed by atoms with Gasteiger partial charge in [0.25, 0.3) is 0 Å². The van der Waals surface area contributed by atoms with Crippen molar-refractivity contribution in [2.45, 2.75) is 37.8 Å². The van der Waals surface area contributed by atoms with Crippen LogP contribution in [0.5, 0.6) is 0 Å². The largest absolute Gasteiger partial charge is 0.306 e. The number of hydrogen-bond donors (Lipinski definition) is 1. The van der Waals surface area contributed by atoms with Crippen LogP contribution in [0.1, 0.15) is 36.6 Å². The Morgan fingerprint density at radius 1 is 1.31 bits per heavy atom. The van der Waals surface area contributed by atoms with E-state index in [-0.39, 0.29) is 0 Å². The Morgan fingerprint density at radius 3 is 3.08 bits per heavy atom. The van der Waals surface area contributed by atoms with Gasteiger partial charge in [0.05, 0.1) is 11.7 Å². The SMILES string of the molecule is c1cnc2c(c1)CCC2NC1CC1. The molecule has 2 aliphatic carbocycles. The summed E-state index contributed by atoms with van der Waals surface area (Å²) < 4.78 is 0. The molecule has 2 heteroatoms. The maximum Gasteiger partial charge on any atom is 0.0605 e. The molecule has 1 unspecified atom stereocenters. The summed E-state index contributed by atoms with van der Waals surface area (Å²) >= 11 is 0. The summed E-state index contributed by atoms with van der Waals surface area (Å²) in [6.07, 6.45) is 7.07. The van der Waals surface area contributed by atoms with Crippen molar-refractivity contribution in [3.8, 4) is 0 Å². The highest BCUT2D eigenvalue weighted by Gasteiger charge is 2.29. The van der Waals surface area contributed by atoms with E-state index in [0.29, 0.717) is 6.04 Å². The molecule has 0 saturated heterocycles. The molecule has 1 aromatic rings. The first-order valence-electron chi connectivity index (χ1n) is 5.13. The van der Waals surface area contributed by atoms with E-state index in [2.05, 4.69) is 16.4 Å². The van der Waals surface area contributed by atoms with Gasteiger partial charge >= 0.3 is 0 Å². The molecule has 2 nitrogen and oxygen atoms in total. The summed E-state index contributed by atoms with van der Waals surface area (Å²) in [6, 6.07) is 5.58. The number of aryl methyl sites for hydroxylation is 1. The lowest BCUT2D eigenvalue weighted by molar-refractivity contribution is 0.518. The maximum absolute atomic E-state index is 4.46. The Labute approximate surface area is 78.4 Å². The number of rotatable bonds is 2. The lowest BCUT2D eigenvalue weighted by atomic mass is 10.2. The van der Waals surface area contributed by atoms with E-state index in [4.69, 9.17) is 0 Å². The minimum absolute atomic E-state index is 0.545. The number of aromatic nitrogens is 1. The van der Waals surface area contributed by atoms with Gasteiger partial charge in [0.2, 0.25) is 0 Å². The van der Waals surface area contributed by atoms with Crippen LogP contribution in [-0.2, 0) is 6.42 Å². The van der Waals surface area contributed by atoms with Gasteiger partial charge < -0.3 is 5.32 Å². The van der Waals surface area contributed by atoms with Crippen molar-refractivity contribution in [2.75, 3.05) is 0 Å². The second kappa shape index (κ2) is 2.81. The van der Waals surface area contributed by atoms with E-state index < -0.39 is 0 Å². The predicted octanol–water partition coefficient (Wildman–Crippen LogP) is 1.82. The van der Waals surface area contributed by atoms with Crippen LogP contribution in [-0.4, -0.2) is 11.0 Å². The first-order valence-corrected chi connectivity index (χ1v) is 5.13. The summed E-state index contributed by atoms with van der Waals surface area (Å²) in [5.74, 6) is 0. The molecule has 0 amide bonds. The smallest absolute Gasteiger partial charge is 0.0605 e. The van der Waals surface area contributed by atoms with E-state index in [9.17, 15) is 0 Å². The minimum Gasteiger partial charge on any atom is -0.306 e. The summed E-state index contributed by atoms with van der Waals surface area (Å²) in [7, 11) is 0. The Bertz CT molecular complexity index is 318. The summed E-state index contributed by atoms with van der Waals surface area (Å²) in [5.41, 5.74) is 2.75. The highest BCUT2D eigenvalue weighted by Crippen LogP contribution is 2.32. The van der Waals surface area contributed by atoms with Crippen LogP contribution < -0.4 is 5.32 Å². The number of hydrogen-bond acceptors (Lipinski definition) is 2. The number of fused-ring (bicyclic) bond motifs is 1. The van der Waals surface area contributed by atoms with Crippen molar-refractivity contribution in [1.82, 2.24) is 10.3 Å². The predicted molar refractivity (Wildman–Crippen MR) is 51.5 cm³/mol. The fourth-order valence-electron chi connectivity index (χ4n) is 2.11. The molecule has 0 aliphatic heterocycles. The third kappa shape index (κ3) is 1.35. The van der Waals surface area contributed by atoms with Crippen LogP contribution in [0.25, 0.3) is 0 Å². The highest BCUT2D eigenvalue weighted by molar-refractivity contribution is 5.28. The lowest BCUT2D eigenvalue weighted by Gasteiger charge is -2.11. The molecule has 1 saturated carbocycles.